The first kappa shape index (κ1) is 17.3. The van der Waals surface area contributed by atoms with E-state index in [4.69, 9.17) is 0 Å². The van der Waals surface area contributed by atoms with Crippen LogP contribution < -0.4 is 10.7 Å². The fourth-order valence-corrected chi connectivity index (χ4v) is 1.85. The molecule has 0 aliphatic heterocycles. The van der Waals surface area contributed by atoms with Crippen LogP contribution in [0.15, 0.2) is 53.9 Å². The van der Waals surface area contributed by atoms with E-state index in [-0.39, 0.29) is 18.1 Å². The zero-order valence-electron chi connectivity index (χ0n) is 13.1. The lowest BCUT2D eigenvalue weighted by molar-refractivity contribution is -0.120. The Hall–Kier alpha value is -3.09. The minimum absolute atomic E-state index is 0.0501. The van der Waals surface area contributed by atoms with Crippen molar-refractivity contribution in [1.82, 2.24) is 15.7 Å². The summed E-state index contributed by atoms with van der Waals surface area (Å²) in [5, 5.41) is 6.59. The van der Waals surface area contributed by atoms with Gasteiger partial charge in [0.25, 0.3) is 5.91 Å². The second-order valence-electron chi connectivity index (χ2n) is 5.11. The molecule has 24 heavy (non-hydrogen) atoms. The lowest BCUT2D eigenvalue weighted by atomic mass is 10.2. The fraction of sp³-hybridized carbons (Fsp3) is 0.176. The van der Waals surface area contributed by atoms with Gasteiger partial charge in [0.2, 0.25) is 5.91 Å². The average molecular weight is 328 g/mol. The smallest absolute Gasteiger partial charge is 0.272 e. The monoisotopic (exact) mass is 328 g/mol. The molecule has 2 amide bonds. The SMILES string of the molecule is CC(CC(=O)NCc1ccc(F)cc1)=NNC(=O)c1cccnc1. The molecule has 2 rings (SSSR count). The number of benzene rings is 1. The highest BCUT2D eigenvalue weighted by molar-refractivity contribution is 6.01. The third kappa shape index (κ3) is 5.60. The molecule has 2 N–H and O–H groups in total. The van der Waals surface area contributed by atoms with Gasteiger partial charge in [0.05, 0.1) is 12.0 Å². The van der Waals surface area contributed by atoms with E-state index in [0.717, 1.165) is 5.56 Å². The summed E-state index contributed by atoms with van der Waals surface area (Å²) in [6.45, 7) is 1.94. The number of hydrazone groups is 1. The van der Waals surface area contributed by atoms with Crippen LogP contribution in [0.1, 0.15) is 29.3 Å². The number of rotatable bonds is 6. The van der Waals surface area contributed by atoms with Gasteiger partial charge in [-0.3, -0.25) is 14.6 Å². The second kappa shape index (κ2) is 8.52. The van der Waals surface area contributed by atoms with E-state index < -0.39 is 5.91 Å². The number of carbonyl (C=O) groups is 2. The summed E-state index contributed by atoms with van der Waals surface area (Å²) in [7, 11) is 0. The molecule has 1 aromatic heterocycles. The van der Waals surface area contributed by atoms with Crippen molar-refractivity contribution < 1.29 is 14.0 Å². The number of nitrogens with zero attached hydrogens (tertiary/aromatic N) is 2. The van der Waals surface area contributed by atoms with E-state index >= 15 is 0 Å². The maximum absolute atomic E-state index is 12.8. The Bertz CT molecular complexity index is 730. The zero-order valence-corrected chi connectivity index (χ0v) is 13.1. The number of halogens is 1. The number of pyridine rings is 1. The van der Waals surface area contributed by atoms with E-state index in [1.54, 1.807) is 37.4 Å². The Morgan fingerprint density at radius 1 is 1.21 bits per heavy atom. The van der Waals surface area contributed by atoms with E-state index in [9.17, 15) is 14.0 Å². The van der Waals surface area contributed by atoms with E-state index in [2.05, 4.69) is 20.8 Å². The molecule has 0 saturated heterocycles. The zero-order chi connectivity index (χ0) is 17.4. The highest BCUT2D eigenvalue weighted by atomic mass is 19.1. The molecule has 124 valence electrons. The van der Waals surface area contributed by atoms with Crippen LogP contribution >= 0.6 is 0 Å². The summed E-state index contributed by atoms with van der Waals surface area (Å²) in [5.74, 6) is -0.956. The number of carbonyl (C=O) groups excluding carboxylic acids is 2. The van der Waals surface area contributed by atoms with Crippen LogP contribution in [0, 0.1) is 5.82 Å². The lowest BCUT2D eigenvalue weighted by Gasteiger charge is -2.06. The van der Waals surface area contributed by atoms with Crippen LogP contribution in [0.3, 0.4) is 0 Å². The van der Waals surface area contributed by atoms with E-state index in [1.165, 1.54) is 18.3 Å². The summed E-state index contributed by atoms with van der Waals surface area (Å²) in [6, 6.07) is 9.14. The Labute approximate surface area is 138 Å². The number of nitrogens with one attached hydrogen (secondary N) is 2. The van der Waals surface area contributed by atoms with Gasteiger partial charge in [-0.15, -0.1) is 0 Å². The predicted octanol–water partition coefficient (Wildman–Crippen LogP) is 2.03. The third-order valence-electron chi connectivity index (χ3n) is 3.09. The summed E-state index contributed by atoms with van der Waals surface area (Å²) < 4.78 is 12.8. The standard InChI is InChI=1S/C17H17FN4O2/c1-12(21-22-17(24)14-3-2-8-19-11-14)9-16(23)20-10-13-4-6-15(18)7-5-13/h2-8,11H,9-10H2,1H3,(H,20,23)(H,22,24). The van der Waals surface area contributed by atoms with Crippen molar-refractivity contribution in [2.24, 2.45) is 5.10 Å². The molecule has 0 unspecified atom stereocenters. The molecule has 0 spiro atoms. The summed E-state index contributed by atoms with van der Waals surface area (Å²) in [6.07, 6.45) is 3.04. The molecule has 0 atom stereocenters. The Morgan fingerprint density at radius 3 is 2.62 bits per heavy atom. The topological polar surface area (TPSA) is 83.5 Å². The van der Waals surface area contributed by atoms with Gasteiger partial charge in [-0.2, -0.15) is 5.10 Å². The van der Waals surface area contributed by atoms with Crippen molar-refractivity contribution in [2.75, 3.05) is 0 Å². The second-order valence-corrected chi connectivity index (χ2v) is 5.11. The van der Waals surface area contributed by atoms with Gasteiger partial charge in [0.15, 0.2) is 0 Å². The van der Waals surface area contributed by atoms with Crippen LogP contribution in [0.4, 0.5) is 4.39 Å². The molecule has 0 aliphatic rings. The first-order valence-electron chi connectivity index (χ1n) is 7.29. The maximum atomic E-state index is 12.8. The Balaban J connectivity index is 1.78. The molecule has 0 bridgehead atoms. The molecule has 7 heteroatoms. The van der Waals surface area contributed by atoms with Crippen molar-refractivity contribution in [1.29, 1.82) is 0 Å². The van der Waals surface area contributed by atoms with Gasteiger partial charge in [0.1, 0.15) is 5.82 Å². The first-order valence-corrected chi connectivity index (χ1v) is 7.29. The van der Waals surface area contributed by atoms with Crippen LogP contribution in [0.2, 0.25) is 0 Å². The third-order valence-corrected chi connectivity index (χ3v) is 3.09. The van der Waals surface area contributed by atoms with Gasteiger partial charge in [-0.1, -0.05) is 12.1 Å². The van der Waals surface area contributed by atoms with Gasteiger partial charge in [-0.05, 0) is 36.8 Å². The largest absolute Gasteiger partial charge is 0.352 e. The number of amides is 2. The number of hydrogen-bond acceptors (Lipinski definition) is 4. The van der Waals surface area contributed by atoms with Gasteiger partial charge in [0, 0.05) is 24.7 Å². The van der Waals surface area contributed by atoms with Gasteiger partial charge >= 0.3 is 0 Å². The van der Waals surface area contributed by atoms with Crippen molar-refractivity contribution in [3.8, 4) is 0 Å². The predicted molar refractivity (Wildman–Crippen MR) is 87.7 cm³/mol. The molecule has 0 radical (unpaired) electrons. The fourth-order valence-electron chi connectivity index (χ4n) is 1.85. The first-order chi connectivity index (χ1) is 11.5. The Morgan fingerprint density at radius 2 is 1.96 bits per heavy atom. The number of aromatic nitrogens is 1. The molecular formula is C17H17FN4O2. The Kier molecular flexibility index (Phi) is 6.13. The molecular weight excluding hydrogens is 311 g/mol. The highest BCUT2D eigenvalue weighted by Crippen LogP contribution is 2.02. The van der Waals surface area contributed by atoms with E-state index in [1.807, 2.05) is 0 Å². The normalized spacial score (nSPS) is 11.0. The van der Waals surface area contributed by atoms with Crippen molar-refractivity contribution in [3.05, 3.63) is 65.7 Å². The van der Waals surface area contributed by atoms with Crippen molar-refractivity contribution in [3.63, 3.8) is 0 Å². The minimum atomic E-state index is -0.394. The number of hydrogen-bond donors (Lipinski definition) is 2. The van der Waals surface area contributed by atoms with Crippen LogP contribution in [0.25, 0.3) is 0 Å². The van der Waals surface area contributed by atoms with Crippen molar-refractivity contribution in [2.45, 2.75) is 19.9 Å². The quantitative estimate of drug-likeness (QED) is 0.629. The van der Waals surface area contributed by atoms with Crippen LogP contribution in [-0.2, 0) is 11.3 Å². The van der Waals surface area contributed by atoms with Crippen LogP contribution in [0.5, 0.6) is 0 Å². The van der Waals surface area contributed by atoms with Crippen LogP contribution in [-0.4, -0.2) is 22.5 Å². The molecule has 6 nitrogen and oxygen atoms in total. The summed E-state index contributed by atoms with van der Waals surface area (Å²) >= 11 is 0. The summed E-state index contributed by atoms with van der Waals surface area (Å²) in [4.78, 5) is 27.4. The van der Waals surface area contributed by atoms with Crippen molar-refractivity contribution >= 4 is 17.5 Å². The van der Waals surface area contributed by atoms with Gasteiger partial charge in [-0.25, -0.2) is 9.82 Å². The molecule has 0 saturated carbocycles. The average Bonchev–Trinajstić information content (AvgIpc) is 2.60. The lowest BCUT2D eigenvalue weighted by Crippen LogP contribution is -2.26. The molecule has 2 aromatic rings. The maximum Gasteiger partial charge on any atom is 0.272 e. The molecule has 1 aromatic carbocycles. The minimum Gasteiger partial charge on any atom is -0.352 e. The van der Waals surface area contributed by atoms with E-state index in [0.29, 0.717) is 17.8 Å². The molecule has 0 aliphatic carbocycles. The van der Waals surface area contributed by atoms with Gasteiger partial charge < -0.3 is 5.32 Å². The highest BCUT2D eigenvalue weighted by Gasteiger charge is 2.06. The molecule has 0 fully saturated rings. The molecule has 1 heterocycles. The summed E-state index contributed by atoms with van der Waals surface area (Å²) in [5.41, 5.74) is 4.01.